The Morgan fingerprint density at radius 3 is 2.52 bits per heavy atom. The van der Waals surface area contributed by atoms with Crippen molar-refractivity contribution in [2.45, 2.75) is 6.42 Å². The lowest BCUT2D eigenvalue weighted by molar-refractivity contribution is 0.0988. The molecular formula is C21H20Cl2FN5O2. The zero-order valence-corrected chi connectivity index (χ0v) is 18.4. The van der Waals surface area contributed by atoms with Gasteiger partial charge in [-0.15, -0.1) is 0 Å². The highest BCUT2D eigenvalue weighted by Gasteiger charge is 2.22. The zero-order valence-electron chi connectivity index (χ0n) is 16.9. The van der Waals surface area contributed by atoms with Gasteiger partial charge in [0.05, 0.1) is 21.3 Å². The van der Waals surface area contributed by atoms with Gasteiger partial charge in [-0.3, -0.25) is 9.59 Å². The van der Waals surface area contributed by atoms with E-state index in [1.165, 1.54) is 24.4 Å². The molecule has 0 aliphatic carbocycles. The maximum absolute atomic E-state index is 14.3. The zero-order chi connectivity index (χ0) is 22.5. The molecule has 10 heteroatoms. The third-order valence-electron chi connectivity index (χ3n) is 4.43. The van der Waals surface area contributed by atoms with Gasteiger partial charge in [-0.1, -0.05) is 23.2 Å². The normalized spacial score (nSPS) is 11.0. The smallest absolute Gasteiger partial charge is 0.222 e. The molecule has 7 nitrogen and oxygen atoms in total. The fourth-order valence-corrected chi connectivity index (χ4v) is 3.16. The topological polar surface area (TPSA) is 91.0 Å². The molecule has 1 aromatic carbocycles. The van der Waals surface area contributed by atoms with Crippen molar-refractivity contribution in [1.82, 2.24) is 19.9 Å². The summed E-state index contributed by atoms with van der Waals surface area (Å²) in [6.07, 6.45) is 4.51. The summed E-state index contributed by atoms with van der Waals surface area (Å²) in [7, 11) is 3.94. The Bertz CT molecular complexity index is 1100. The molecule has 0 radical (unpaired) electrons. The lowest BCUT2D eigenvalue weighted by atomic mass is 10.0. The Kier molecular flexibility index (Phi) is 7.37. The van der Waals surface area contributed by atoms with Gasteiger partial charge in [-0.25, -0.2) is 14.4 Å². The third kappa shape index (κ3) is 5.66. The number of carbonyl (C=O) groups is 2. The van der Waals surface area contributed by atoms with Gasteiger partial charge in [0.1, 0.15) is 0 Å². The summed E-state index contributed by atoms with van der Waals surface area (Å²) in [5.74, 6) is -1.36. The van der Waals surface area contributed by atoms with E-state index in [4.69, 9.17) is 23.2 Å². The summed E-state index contributed by atoms with van der Waals surface area (Å²) in [6.45, 7) is 1.53. The van der Waals surface area contributed by atoms with Gasteiger partial charge in [0.25, 0.3) is 0 Å². The molecule has 0 amide bonds. The van der Waals surface area contributed by atoms with Crippen LogP contribution >= 0.6 is 23.2 Å². The quantitative estimate of drug-likeness (QED) is 0.369. The number of hydrogen-bond donors (Lipinski definition) is 2. The molecule has 0 fully saturated rings. The van der Waals surface area contributed by atoms with Gasteiger partial charge in [-0.05, 0) is 37.9 Å². The number of nitrogens with one attached hydrogen (secondary N) is 2. The average molecular weight is 464 g/mol. The second-order valence-corrected chi connectivity index (χ2v) is 7.91. The van der Waals surface area contributed by atoms with Crippen molar-refractivity contribution in [3.05, 3.63) is 75.0 Å². The summed E-state index contributed by atoms with van der Waals surface area (Å²) < 4.78 is 14.3. The minimum atomic E-state index is -0.898. The second-order valence-electron chi connectivity index (χ2n) is 7.09. The van der Waals surface area contributed by atoms with Crippen LogP contribution in [0.5, 0.6) is 0 Å². The highest BCUT2D eigenvalue weighted by molar-refractivity contribution is 6.37. The number of halogens is 3. The number of carbonyl (C=O) groups excluding carboxylic acids is 2. The highest BCUT2D eigenvalue weighted by Crippen LogP contribution is 2.28. The largest absolute Gasteiger partial charge is 0.358 e. The first-order chi connectivity index (χ1) is 14.8. The predicted octanol–water partition coefficient (Wildman–Crippen LogP) is 3.88. The van der Waals surface area contributed by atoms with Crippen LogP contribution in [0.1, 0.15) is 32.0 Å². The molecule has 0 aliphatic rings. The minimum Gasteiger partial charge on any atom is -0.358 e. The van der Waals surface area contributed by atoms with Crippen LogP contribution in [0.4, 0.5) is 10.3 Å². The van der Waals surface area contributed by atoms with Gasteiger partial charge in [0, 0.05) is 43.7 Å². The van der Waals surface area contributed by atoms with Crippen LogP contribution in [-0.2, 0) is 6.42 Å². The van der Waals surface area contributed by atoms with E-state index >= 15 is 0 Å². The Hall–Kier alpha value is -2.81. The van der Waals surface area contributed by atoms with E-state index in [1.807, 2.05) is 19.0 Å². The Balaban J connectivity index is 1.67. The van der Waals surface area contributed by atoms with Gasteiger partial charge >= 0.3 is 0 Å². The number of aromatic amines is 1. The number of hydrogen-bond acceptors (Lipinski definition) is 6. The monoisotopic (exact) mass is 463 g/mol. The molecule has 0 saturated heterocycles. The molecular weight excluding hydrogens is 444 g/mol. The van der Waals surface area contributed by atoms with E-state index in [-0.39, 0.29) is 39.1 Å². The van der Waals surface area contributed by atoms with Crippen LogP contribution in [0.3, 0.4) is 0 Å². The SMILES string of the molecule is CN(C)CCNc1ncc(CC(=O)c2cc(C(=O)c3c(Cl)ccc(Cl)c3F)c[nH]2)cn1. The average Bonchev–Trinajstić information content (AvgIpc) is 3.22. The fourth-order valence-electron chi connectivity index (χ4n) is 2.78. The Labute approximate surface area is 188 Å². The van der Waals surface area contributed by atoms with E-state index in [0.29, 0.717) is 18.1 Å². The van der Waals surface area contributed by atoms with Crippen LogP contribution in [-0.4, -0.2) is 58.6 Å². The third-order valence-corrected chi connectivity index (χ3v) is 5.04. The highest BCUT2D eigenvalue weighted by atomic mass is 35.5. The van der Waals surface area contributed by atoms with E-state index in [1.54, 1.807) is 12.4 Å². The summed E-state index contributed by atoms with van der Waals surface area (Å²) in [5, 5.41) is 2.82. The van der Waals surface area contributed by atoms with Gasteiger partial charge in [0.2, 0.25) is 5.95 Å². The number of likely N-dealkylation sites (N-methyl/N-ethyl adjacent to an activating group) is 1. The number of nitrogens with zero attached hydrogens (tertiary/aromatic N) is 3. The van der Waals surface area contributed by atoms with Crippen LogP contribution in [0.2, 0.25) is 10.0 Å². The minimum absolute atomic E-state index is 0.0401. The first-order valence-corrected chi connectivity index (χ1v) is 10.1. The van der Waals surface area contributed by atoms with Gasteiger partial charge < -0.3 is 15.2 Å². The molecule has 2 aromatic heterocycles. The van der Waals surface area contributed by atoms with Crippen molar-refractivity contribution in [3.8, 4) is 0 Å². The molecule has 3 aromatic rings. The number of ketones is 2. The maximum atomic E-state index is 14.3. The van der Waals surface area contributed by atoms with Crippen LogP contribution in [0.15, 0.2) is 36.8 Å². The molecule has 162 valence electrons. The van der Waals surface area contributed by atoms with Crippen LogP contribution < -0.4 is 5.32 Å². The summed E-state index contributed by atoms with van der Waals surface area (Å²) in [6, 6.07) is 3.98. The van der Waals surface area contributed by atoms with Crippen molar-refractivity contribution in [2.75, 3.05) is 32.5 Å². The van der Waals surface area contributed by atoms with E-state index in [0.717, 1.165) is 6.54 Å². The molecule has 31 heavy (non-hydrogen) atoms. The first kappa shape index (κ1) is 22.9. The lowest BCUT2D eigenvalue weighted by Gasteiger charge is -2.10. The van der Waals surface area contributed by atoms with Crippen molar-refractivity contribution in [1.29, 1.82) is 0 Å². The Morgan fingerprint density at radius 2 is 1.84 bits per heavy atom. The number of rotatable bonds is 9. The summed E-state index contributed by atoms with van der Waals surface area (Å²) >= 11 is 11.7. The van der Waals surface area contributed by atoms with Crippen molar-refractivity contribution in [2.24, 2.45) is 0 Å². The number of benzene rings is 1. The predicted molar refractivity (Wildman–Crippen MR) is 118 cm³/mol. The fraction of sp³-hybridized carbons (Fsp3) is 0.238. The maximum Gasteiger partial charge on any atom is 0.222 e. The summed E-state index contributed by atoms with van der Waals surface area (Å²) in [5.41, 5.74) is 0.589. The molecule has 3 rings (SSSR count). The van der Waals surface area contributed by atoms with Crippen LogP contribution in [0.25, 0.3) is 0 Å². The molecule has 2 heterocycles. The number of H-pyrrole nitrogens is 1. The van der Waals surface area contributed by atoms with Gasteiger partial charge in [0.15, 0.2) is 17.4 Å². The molecule has 0 saturated carbocycles. The molecule has 0 bridgehead atoms. The first-order valence-electron chi connectivity index (χ1n) is 9.35. The van der Waals surface area contributed by atoms with E-state index in [2.05, 4.69) is 20.3 Å². The molecule has 0 atom stereocenters. The van der Waals surface area contributed by atoms with Crippen molar-refractivity contribution >= 4 is 40.7 Å². The van der Waals surface area contributed by atoms with E-state index in [9.17, 15) is 14.0 Å². The van der Waals surface area contributed by atoms with E-state index < -0.39 is 11.6 Å². The Morgan fingerprint density at radius 1 is 1.16 bits per heavy atom. The molecule has 0 spiro atoms. The van der Waals surface area contributed by atoms with Crippen molar-refractivity contribution < 1.29 is 14.0 Å². The molecule has 0 aliphatic heterocycles. The molecule has 0 unspecified atom stereocenters. The second kappa shape index (κ2) is 10.00. The molecule has 2 N–H and O–H groups in total. The summed E-state index contributed by atoms with van der Waals surface area (Å²) in [4.78, 5) is 38.4. The standard InChI is InChI=1S/C21H20Cl2FN5O2/c1-29(2)6-5-25-21-27-9-12(10-28-21)7-17(30)16-8-13(11-26-16)20(31)18-14(22)3-4-15(23)19(18)24/h3-4,8-11,26H,5-7H2,1-2H3,(H,25,27,28). The lowest BCUT2D eigenvalue weighted by Crippen LogP contribution is -2.21. The van der Waals surface area contributed by atoms with Gasteiger partial charge in [-0.2, -0.15) is 0 Å². The number of anilines is 1. The van der Waals surface area contributed by atoms with Crippen LogP contribution in [0, 0.1) is 5.82 Å². The number of aromatic nitrogens is 3. The number of Topliss-reactive ketones (excluding diaryl/α,β-unsaturated/α-hetero) is 1. The van der Waals surface area contributed by atoms with Crippen molar-refractivity contribution in [3.63, 3.8) is 0 Å².